The first-order valence-corrected chi connectivity index (χ1v) is 6.10. The summed E-state index contributed by atoms with van der Waals surface area (Å²) in [6, 6.07) is 3.36. The number of methoxy groups -OCH3 is 2. The zero-order valence-electron chi connectivity index (χ0n) is 9.68. The molecule has 0 aliphatic carbocycles. The fourth-order valence-corrected chi connectivity index (χ4v) is 2.31. The van der Waals surface area contributed by atoms with Crippen LogP contribution < -0.4 is 15.2 Å². The van der Waals surface area contributed by atoms with Gasteiger partial charge in [0.2, 0.25) is 0 Å². The van der Waals surface area contributed by atoms with E-state index in [4.69, 9.17) is 15.2 Å². The Morgan fingerprint density at radius 2 is 1.94 bits per heavy atom. The van der Waals surface area contributed by atoms with Crippen LogP contribution in [0.25, 0.3) is 0 Å². The van der Waals surface area contributed by atoms with E-state index in [2.05, 4.69) is 22.6 Å². The maximum Gasteiger partial charge on any atom is 0.174 e. The highest BCUT2D eigenvalue weighted by atomic mass is 127. The third kappa shape index (κ3) is 3.21. The van der Waals surface area contributed by atoms with Crippen LogP contribution in [0, 0.1) is 3.57 Å². The normalized spacial score (nSPS) is 14.2. The lowest BCUT2D eigenvalue weighted by atomic mass is 10.0. The predicted molar refractivity (Wildman–Crippen MR) is 72.3 cm³/mol. The zero-order valence-corrected chi connectivity index (χ0v) is 11.8. The van der Waals surface area contributed by atoms with Gasteiger partial charge in [0, 0.05) is 6.54 Å². The Kier molecular flexibility index (Phi) is 5.44. The molecule has 0 amide bonds. The summed E-state index contributed by atoms with van der Waals surface area (Å²) >= 11 is 2.07. The number of ether oxygens (including phenoxy) is 2. The zero-order chi connectivity index (χ0) is 13.0. The molecule has 17 heavy (non-hydrogen) atoms. The van der Waals surface area contributed by atoms with Gasteiger partial charge >= 0.3 is 0 Å². The van der Waals surface area contributed by atoms with Gasteiger partial charge in [-0.05, 0) is 40.3 Å². The maximum absolute atomic E-state index is 9.87. The van der Waals surface area contributed by atoms with E-state index < -0.39 is 12.2 Å². The van der Waals surface area contributed by atoms with E-state index in [0.29, 0.717) is 17.1 Å². The monoisotopic (exact) mass is 353 g/mol. The summed E-state index contributed by atoms with van der Waals surface area (Å²) in [6.45, 7) is -0.00785. The molecule has 2 unspecified atom stereocenters. The largest absolute Gasteiger partial charge is 0.493 e. The summed E-state index contributed by atoms with van der Waals surface area (Å²) < 4.78 is 11.1. The molecular formula is C11H16INO4. The SMILES string of the molecule is COc1cc(C(O)C(O)CN)cc(I)c1OC. The van der Waals surface area contributed by atoms with E-state index in [-0.39, 0.29) is 6.54 Å². The van der Waals surface area contributed by atoms with Crippen molar-refractivity contribution in [3.63, 3.8) is 0 Å². The number of aliphatic hydroxyl groups excluding tert-OH is 2. The lowest BCUT2D eigenvalue weighted by molar-refractivity contribution is 0.0241. The third-order valence-corrected chi connectivity index (χ3v) is 3.20. The van der Waals surface area contributed by atoms with Gasteiger partial charge in [-0.2, -0.15) is 0 Å². The molecule has 1 rings (SSSR count). The van der Waals surface area contributed by atoms with Crippen molar-refractivity contribution in [1.29, 1.82) is 0 Å². The Bertz CT molecular complexity index is 386. The summed E-state index contributed by atoms with van der Waals surface area (Å²) in [5, 5.41) is 19.4. The van der Waals surface area contributed by atoms with Crippen molar-refractivity contribution >= 4 is 22.6 Å². The number of rotatable bonds is 5. The van der Waals surface area contributed by atoms with Crippen molar-refractivity contribution < 1.29 is 19.7 Å². The van der Waals surface area contributed by atoms with Gasteiger partial charge in [-0.3, -0.25) is 0 Å². The lowest BCUT2D eigenvalue weighted by Gasteiger charge is -2.19. The smallest absolute Gasteiger partial charge is 0.174 e. The van der Waals surface area contributed by atoms with Crippen LogP contribution in [0.15, 0.2) is 12.1 Å². The first-order chi connectivity index (χ1) is 8.04. The lowest BCUT2D eigenvalue weighted by Crippen LogP contribution is -2.27. The van der Waals surface area contributed by atoms with Gasteiger partial charge in [-0.15, -0.1) is 0 Å². The van der Waals surface area contributed by atoms with E-state index in [1.165, 1.54) is 7.11 Å². The molecule has 0 spiro atoms. The Morgan fingerprint density at radius 3 is 2.41 bits per heavy atom. The van der Waals surface area contributed by atoms with Crippen molar-refractivity contribution in [3.05, 3.63) is 21.3 Å². The van der Waals surface area contributed by atoms with Gasteiger partial charge in [0.05, 0.1) is 23.9 Å². The highest BCUT2D eigenvalue weighted by Gasteiger charge is 2.20. The first-order valence-electron chi connectivity index (χ1n) is 5.02. The van der Waals surface area contributed by atoms with Crippen LogP contribution >= 0.6 is 22.6 Å². The molecule has 0 aliphatic rings. The summed E-state index contributed by atoms with van der Waals surface area (Å²) in [5.74, 6) is 1.11. The van der Waals surface area contributed by atoms with E-state index in [1.807, 2.05) is 0 Å². The van der Waals surface area contributed by atoms with Gasteiger partial charge in [-0.25, -0.2) is 0 Å². The fourth-order valence-electron chi connectivity index (χ4n) is 1.46. The van der Waals surface area contributed by atoms with Crippen LogP contribution in [0.1, 0.15) is 11.7 Å². The number of nitrogens with two attached hydrogens (primary N) is 1. The Labute approximate surface area is 114 Å². The number of aliphatic hydroxyl groups is 2. The Hall–Kier alpha value is -0.570. The molecule has 0 radical (unpaired) electrons. The summed E-state index contributed by atoms with van der Waals surface area (Å²) in [5.41, 5.74) is 5.85. The molecule has 1 aromatic rings. The van der Waals surface area contributed by atoms with E-state index in [1.54, 1.807) is 19.2 Å². The van der Waals surface area contributed by atoms with Crippen LogP contribution in [0.3, 0.4) is 0 Å². The van der Waals surface area contributed by atoms with Crippen LogP contribution in [0.5, 0.6) is 11.5 Å². The van der Waals surface area contributed by atoms with Crippen LogP contribution in [-0.4, -0.2) is 37.1 Å². The number of halogens is 1. The standard InChI is InChI=1S/C11H16INO4/c1-16-9-4-6(10(15)8(14)5-13)3-7(12)11(9)17-2/h3-4,8,10,14-15H,5,13H2,1-2H3. The summed E-state index contributed by atoms with van der Waals surface area (Å²) in [6.07, 6.45) is -2.03. The molecule has 0 saturated heterocycles. The maximum atomic E-state index is 9.87. The fraction of sp³-hybridized carbons (Fsp3) is 0.455. The van der Waals surface area contributed by atoms with Crippen LogP contribution in [0.4, 0.5) is 0 Å². The average molecular weight is 353 g/mol. The van der Waals surface area contributed by atoms with Gasteiger partial charge in [0.1, 0.15) is 6.10 Å². The van der Waals surface area contributed by atoms with Gasteiger partial charge in [0.25, 0.3) is 0 Å². The molecule has 4 N–H and O–H groups in total. The van der Waals surface area contributed by atoms with E-state index in [0.717, 1.165) is 3.57 Å². The van der Waals surface area contributed by atoms with Crippen molar-refractivity contribution in [2.24, 2.45) is 5.73 Å². The van der Waals surface area contributed by atoms with Crippen LogP contribution in [0.2, 0.25) is 0 Å². The minimum absolute atomic E-state index is 0.00785. The van der Waals surface area contributed by atoms with Crippen LogP contribution in [-0.2, 0) is 0 Å². The molecular weight excluding hydrogens is 337 g/mol. The first kappa shape index (κ1) is 14.5. The molecule has 1 aromatic carbocycles. The molecule has 0 aliphatic heterocycles. The molecule has 0 fully saturated rings. The highest BCUT2D eigenvalue weighted by molar-refractivity contribution is 14.1. The van der Waals surface area contributed by atoms with Gasteiger partial charge in [0.15, 0.2) is 11.5 Å². The number of hydrogen-bond acceptors (Lipinski definition) is 5. The van der Waals surface area contributed by atoms with Crippen molar-refractivity contribution in [3.8, 4) is 11.5 Å². The van der Waals surface area contributed by atoms with Gasteiger partial charge < -0.3 is 25.4 Å². The average Bonchev–Trinajstić information content (AvgIpc) is 2.35. The molecule has 0 bridgehead atoms. The van der Waals surface area contributed by atoms with Crippen molar-refractivity contribution in [2.75, 3.05) is 20.8 Å². The second kappa shape index (κ2) is 6.39. The van der Waals surface area contributed by atoms with E-state index in [9.17, 15) is 10.2 Å². The summed E-state index contributed by atoms with van der Waals surface area (Å²) in [4.78, 5) is 0. The predicted octanol–water partition coefficient (Wildman–Crippen LogP) is 0.661. The number of benzene rings is 1. The number of hydrogen-bond donors (Lipinski definition) is 3. The molecule has 2 atom stereocenters. The second-order valence-electron chi connectivity index (χ2n) is 3.49. The van der Waals surface area contributed by atoms with Gasteiger partial charge in [-0.1, -0.05) is 0 Å². The minimum Gasteiger partial charge on any atom is -0.493 e. The topological polar surface area (TPSA) is 84.9 Å². The minimum atomic E-state index is -1.03. The molecule has 0 heterocycles. The summed E-state index contributed by atoms with van der Waals surface area (Å²) in [7, 11) is 3.06. The Balaban J connectivity index is 3.15. The molecule has 6 heteroatoms. The van der Waals surface area contributed by atoms with Crippen molar-refractivity contribution in [1.82, 2.24) is 0 Å². The van der Waals surface area contributed by atoms with E-state index >= 15 is 0 Å². The molecule has 0 aromatic heterocycles. The molecule has 5 nitrogen and oxygen atoms in total. The third-order valence-electron chi connectivity index (χ3n) is 2.40. The Morgan fingerprint density at radius 1 is 1.29 bits per heavy atom. The molecule has 96 valence electrons. The molecule has 0 saturated carbocycles. The highest BCUT2D eigenvalue weighted by Crippen LogP contribution is 2.35. The second-order valence-corrected chi connectivity index (χ2v) is 4.65. The van der Waals surface area contributed by atoms with Crippen molar-refractivity contribution in [2.45, 2.75) is 12.2 Å². The quantitative estimate of drug-likeness (QED) is 0.678.